The molecule has 4 nitrogen and oxygen atoms in total. The maximum absolute atomic E-state index is 13.4. The Bertz CT molecular complexity index is 1000. The second-order valence-corrected chi connectivity index (χ2v) is 7.23. The fourth-order valence-electron chi connectivity index (χ4n) is 3.87. The number of aryl methyl sites for hydroxylation is 1. The molecule has 1 atom stereocenters. The highest BCUT2D eigenvalue weighted by atomic mass is 19.1. The number of hydrogen-bond donors (Lipinski definition) is 1. The number of carbonyl (C=O) groups excluding carboxylic acids is 1. The monoisotopic (exact) mass is 363 g/mol. The molecule has 4 rings (SSSR count). The van der Waals surface area contributed by atoms with Crippen LogP contribution >= 0.6 is 0 Å². The van der Waals surface area contributed by atoms with Crippen molar-refractivity contribution in [2.75, 3.05) is 6.54 Å². The van der Waals surface area contributed by atoms with Crippen molar-refractivity contribution in [1.82, 2.24) is 9.88 Å². The first kappa shape index (κ1) is 17.6. The summed E-state index contributed by atoms with van der Waals surface area (Å²) in [6, 6.07) is 14.4. The van der Waals surface area contributed by atoms with Crippen LogP contribution in [0.2, 0.25) is 0 Å². The number of fused-ring (bicyclic) bond motifs is 1. The summed E-state index contributed by atoms with van der Waals surface area (Å²) in [4.78, 5) is 18.8. The summed E-state index contributed by atoms with van der Waals surface area (Å²) in [5, 5.41) is 1.06. The average molecular weight is 363 g/mol. The highest BCUT2D eigenvalue weighted by molar-refractivity contribution is 5.84. The van der Waals surface area contributed by atoms with E-state index in [0.29, 0.717) is 6.54 Å². The molecule has 1 aliphatic rings. The third-order valence-electron chi connectivity index (χ3n) is 5.23. The maximum atomic E-state index is 13.4. The molecule has 1 aromatic heterocycles. The molecule has 27 heavy (non-hydrogen) atoms. The molecule has 0 aliphatic carbocycles. The molecule has 0 radical (unpaired) electrons. The minimum Gasteiger partial charge on any atom is -0.368 e. The predicted octanol–water partition coefficient (Wildman–Crippen LogP) is 3.80. The van der Waals surface area contributed by atoms with Crippen LogP contribution in [-0.4, -0.2) is 28.4 Å². The fourth-order valence-corrected chi connectivity index (χ4v) is 3.87. The molecule has 0 bridgehead atoms. The minimum absolute atomic E-state index is 0.237. The molecule has 0 unspecified atom stereocenters. The molecule has 5 heteroatoms. The topological polar surface area (TPSA) is 59.2 Å². The number of nitrogens with two attached hydrogens (primary N) is 1. The van der Waals surface area contributed by atoms with Gasteiger partial charge in [-0.3, -0.25) is 9.69 Å². The van der Waals surface area contributed by atoms with Crippen molar-refractivity contribution in [3.63, 3.8) is 0 Å². The molecule has 0 saturated carbocycles. The van der Waals surface area contributed by atoms with Gasteiger partial charge in [0.25, 0.3) is 0 Å². The van der Waals surface area contributed by atoms with Crippen LogP contribution < -0.4 is 5.73 Å². The quantitative estimate of drug-likeness (QED) is 0.767. The van der Waals surface area contributed by atoms with Crippen molar-refractivity contribution < 1.29 is 9.18 Å². The smallest absolute Gasteiger partial charge is 0.234 e. The number of benzene rings is 2. The Morgan fingerprint density at radius 2 is 2.00 bits per heavy atom. The van der Waals surface area contributed by atoms with E-state index >= 15 is 0 Å². The van der Waals surface area contributed by atoms with Crippen LogP contribution in [0.5, 0.6) is 0 Å². The van der Waals surface area contributed by atoms with Gasteiger partial charge in [0.15, 0.2) is 0 Å². The van der Waals surface area contributed by atoms with Crippen LogP contribution in [0.3, 0.4) is 0 Å². The number of pyridine rings is 1. The zero-order chi connectivity index (χ0) is 19.0. The van der Waals surface area contributed by atoms with E-state index in [0.717, 1.165) is 47.1 Å². The number of carbonyl (C=O) groups is 1. The van der Waals surface area contributed by atoms with E-state index in [-0.39, 0.29) is 17.8 Å². The van der Waals surface area contributed by atoms with Gasteiger partial charge in [-0.25, -0.2) is 9.37 Å². The molecule has 1 saturated heterocycles. The molecule has 2 aromatic carbocycles. The van der Waals surface area contributed by atoms with Crippen molar-refractivity contribution in [2.45, 2.75) is 32.4 Å². The van der Waals surface area contributed by atoms with E-state index < -0.39 is 0 Å². The molecule has 2 N–H and O–H groups in total. The summed E-state index contributed by atoms with van der Waals surface area (Å²) in [7, 11) is 0. The van der Waals surface area contributed by atoms with Crippen molar-refractivity contribution in [3.8, 4) is 11.3 Å². The molecule has 1 fully saturated rings. The van der Waals surface area contributed by atoms with Gasteiger partial charge in [-0.1, -0.05) is 11.6 Å². The molecule has 1 amide bonds. The Balaban J connectivity index is 1.81. The number of likely N-dealkylation sites (tertiary alicyclic amines) is 1. The highest BCUT2D eigenvalue weighted by Gasteiger charge is 2.29. The first-order chi connectivity index (χ1) is 13.0. The van der Waals surface area contributed by atoms with Crippen LogP contribution in [-0.2, 0) is 11.3 Å². The number of nitrogens with zero attached hydrogens (tertiary/aromatic N) is 2. The van der Waals surface area contributed by atoms with Gasteiger partial charge < -0.3 is 5.73 Å². The van der Waals surface area contributed by atoms with Gasteiger partial charge in [-0.2, -0.15) is 0 Å². The Morgan fingerprint density at radius 3 is 2.74 bits per heavy atom. The first-order valence-corrected chi connectivity index (χ1v) is 9.21. The Hall–Kier alpha value is -2.79. The summed E-state index contributed by atoms with van der Waals surface area (Å²) < 4.78 is 13.4. The first-order valence-electron chi connectivity index (χ1n) is 9.21. The molecule has 3 aromatic rings. The Kier molecular flexibility index (Phi) is 4.62. The molecular weight excluding hydrogens is 341 g/mol. The third kappa shape index (κ3) is 3.55. The summed E-state index contributed by atoms with van der Waals surface area (Å²) in [5.41, 5.74) is 10.4. The summed E-state index contributed by atoms with van der Waals surface area (Å²) in [6.45, 7) is 3.48. The number of halogens is 1. The van der Waals surface area contributed by atoms with E-state index in [1.54, 1.807) is 12.1 Å². The fraction of sp³-hybridized carbons (Fsp3) is 0.273. The highest BCUT2D eigenvalue weighted by Crippen LogP contribution is 2.29. The maximum Gasteiger partial charge on any atom is 0.234 e. The standard InChI is InChI=1S/C22H22FN3O/c1-14-4-9-19-16(11-14)12-17(13-26-10-2-3-20(26)22(24)27)21(25-19)15-5-7-18(23)8-6-15/h4-9,11-12,20H,2-3,10,13H2,1H3,(H2,24,27)/t20-/m0/s1. The Morgan fingerprint density at radius 1 is 1.22 bits per heavy atom. The van der Waals surface area contributed by atoms with Gasteiger partial charge >= 0.3 is 0 Å². The lowest BCUT2D eigenvalue weighted by molar-refractivity contribution is -0.122. The lowest BCUT2D eigenvalue weighted by Gasteiger charge is -2.23. The van der Waals surface area contributed by atoms with E-state index in [1.807, 2.05) is 12.1 Å². The van der Waals surface area contributed by atoms with Crippen molar-refractivity contribution in [2.24, 2.45) is 5.73 Å². The minimum atomic E-state index is -0.277. The van der Waals surface area contributed by atoms with E-state index in [1.165, 1.54) is 17.7 Å². The van der Waals surface area contributed by atoms with Crippen LogP contribution in [0.4, 0.5) is 4.39 Å². The van der Waals surface area contributed by atoms with Crippen LogP contribution in [0.15, 0.2) is 48.5 Å². The molecule has 138 valence electrons. The van der Waals surface area contributed by atoms with Gasteiger partial charge in [0.05, 0.1) is 17.3 Å². The molecule has 1 aliphatic heterocycles. The van der Waals surface area contributed by atoms with Gasteiger partial charge in [-0.15, -0.1) is 0 Å². The van der Waals surface area contributed by atoms with E-state index in [2.05, 4.69) is 24.0 Å². The molecular formula is C22H22FN3O. The Labute approximate surface area is 157 Å². The van der Waals surface area contributed by atoms with Crippen molar-refractivity contribution in [3.05, 3.63) is 65.5 Å². The van der Waals surface area contributed by atoms with Crippen molar-refractivity contribution in [1.29, 1.82) is 0 Å². The van der Waals surface area contributed by atoms with Crippen LogP contribution in [0.25, 0.3) is 22.2 Å². The molecule has 0 spiro atoms. The van der Waals surface area contributed by atoms with Gasteiger partial charge in [0.2, 0.25) is 5.91 Å². The van der Waals surface area contributed by atoms with Crippen LogP contribution in [0, 0.1) is 12.7 Å². The second kappa shape index (κ2) is 7.08. The predicted molar refractivity (Wildman–Crippen MR) is 105 cm³/mol. The van der Waals surface area contributed by atoms with Gasteiger partial charge in [-0.05, 0) is 74.3 Å². The van der Waals surface area contributed by atoms with E-state index in [4.69, 9.17) is 10.7 Å². The average Bonchev–Trinajstić information content (AvgIpc) is 3.10. The van der Waals surface area contributed by atoms with Gasteiger partial charge in [0.1, 0.15) is 5.82 Å². The number of aromatic nitrogens is 1. The zero-order valence-electron chi connectivity index (χ0n) is 15.3. The summed E-state index contributed by atoms with van der Waals surface area (Å²) in [6.07, 6.45) is 1.75. The van der Waals surface area contributed by atoms with Crippen LogP contribution in [0.1, 0.15) is 24.0 Å². The lowest BCUT2D eigenvalue weighted by Crippen LogP contribution is -2.39. The zero-order valence-corrected chi connectivity index (χ0v) is 15.3. The third-order valence-corrected chi connectivity index (χ3v) is 5.23. The second-order valence-electron chi connectivity index (χ2n) is 7.23. The largest absolute Gasteiger partial charge is 0.368 e. The lowest BCUT2D eigenvalue weighted by atomic mass is 10.0. The normalized spacial score (nSPS) is 17.5. The summed E-state index contributed by atoms with van der Waals surface area (Å²) >= 11 is 0. The van der Waals surface area contributed by atoms with E-state index in [9.17, 15) is 9.18 Å². The molecule has 2 heterocycles. The number of hydrogen-bond acceptors (Lipinski definition) is 3. The number of amides is 1. The number of rotatable bonds is 4. The summed E-state index contributed by atoms with van der Waals surface area (Å²) in [5.74, 6) is -0.550. The van der Waals surface area contributed by atoms with Crippen molar-refractivity contribution >= 4 is 16.8 Å². The van der Waals surface area contributed by atoms with Gasteiger partial charge in [0, 0.05) is 17.5 Å². The SMILES string of the molecule is Cc1ccc2nc(-c3ccc(F)cc3)c(CN3CCC[C@H]3C(N)=O)cc2c1. The number of primary amides is 1.